The first-order chi connectivity index (χ1) is 9.95. The van der Waals surface area contributed by atoms with E-state index in [0.29, 0.717) is 11.7 Å². The lowest BCUT2D eigenvalue weighted by molar-refractivity contribution is 0.548. The summed E-state index contributed by atoms with van der Waals surface area (Å²) in [6.45, 7) is 9.84. The fourth-order valence-corrected chi connectivity index (χ4v) is 2.21. The van der Waals surface area contributed by atoms with E-state index in [-0.39, 0.29) is 5.82 Å². The summed E-state index contributed by atoms with van der Waals surface area (Å²) in [5.74, 6) is 1.03. The van der Waals surface area contributed by atoms with Gasteiger partial charge in [-0.3, -0.25) is 0 Å². The largest absolute Gasteiger partial charge is 0.311 e. The number of nitrogens with zero attached hydrogens (tertiary/aromatic N) is 2. The number of hydrogen-bond donors (Lipinski definition) is 1. The molecule has 1 aromatic carbocycles. The maximum Gasteiger partial charge on any atom is 0.159 e. The first kappa shape index (κ1) is 15.6. The molecule has 1 N–H and O–H groups in total. The molecular weight excluding hydrogens is 265 g/mol. The van der Waals surface area contributed by atoms with Gasteiger partial charge in [0.2, 0.25) is 0 Å². The third-order valence-corrected chi connectivity index (χ3v) is 3.20. The molecule has 0 aliphatic heterocycles. The first-order valence-corrected chi connectivity index (χ1v) is 7.27. The number of aromatic nitrogens is 2. The molecule has 0 aliphatic carbocycles. The van der Waals surface area contributed by atoms with Crippen molar-refractivity contribution in [2.45, 2.75) is 34.2 Å². The Labute approximate surface area is 125 Å². The second-order valence-electron chi connectivity index (χ2n) is 5.81. The van der Waals surface area contributed by atoms with Crippen LogP contribution in [-0.2, 0) is 6.54 Å². The number of halogens is 1. The Morgan fingerprint density at radius 2 is 1.90 bits per heavy atom. The van der Waals surface area contributed by atoms with Crippen molar-refractivity contribution >= 4 is 0 Å². The average molecular weight is 287 g/mol. The number of rotatable bonds is 5. The molecule has 0 radical (unpaired) electrons. The van der Waals surface area contributed by atoms with Crippen LogP contribution in [0.2, 0.25) is 0 Å². The van der Waals surface area contributed by atoms with Crippen molar-refractivity contribution in [3.63, 3.8) is 0 Å². The van der Waals surface area contributed by atoms with Crippen molar-refractivity contribution in [2.24, 2.45) is 5.92 Å². The van der Waals surface area contributed by atoms with Crippen LogP contribution in [0.25, 0.3) is 11.4 Å². The maximum absolute atomic E-state index is 13.2. The van der Waals surface area contributed by atoms with E-state index in [2.05, 4.69) is 29.1 Å². The van der Waals surface area contributed by atoms with Crippen LogP contribution in [0.15, 0.2) is 24.3 Å². The highest BCUT2D eigenvalue weighted by molar-refractivity contribution is 5.60. The summed E-state index contributed by atoms with van der Waals surface area (Å²) >= 11 is 0. The molecule has 0 aliphatic rings. The zero-order valence-corrected chi connectivity index (χ0v) is 13.1. The first-order valence-electron chi connectivity index (χ1n) is 7.27. The van der Waals surface area contributed by atoms with Gasteiger partial charge >= 0.3 is 0 Å². The van der Waals surface area contributed by atoms with Gasteiger partial charge in [0.15, 0.2) is 5.82 Å². The number of nitrogens with one attached hydrogen (secondary N) is 1. The molecular formula is C17H22FN3. The highest BCUT2D eigenvalue weighted by Gasteiger charge is 2.08. The van der Waals surface area contributed by atoms with Gasteiger partial charge in [-0.25, -0.2) is 14.4 Å². The Kier molecular flexibility index (Phi) is 5.02. The molecule has 1 heterocycles. The second-order valence-corrected chi connectivity index (χ2v) is 5.81. The quantitative estimate of drug-likeness (QED) is 0.912. The second kappa shape index (κ2) is 6.76. The number of benzene rings is 1. The van der Waals surface area contributed by atoms with E-state index in [4.69, 9.17) is 0 Å². The standard InChI is InChI=1S/C17H22FN3/c1-11(2)9-19-10-15-8-13(4)20-17(21-15)16-6-5-14(18)7-12(16)3/h5-8,11,19H,9-10H2,1-4H3. The van der Waals surface area contributed by atoms with Crippen LogP contribution < -0.4 is 5.32 Å². The fraction of sp³-hybridized carbons (Fsp3) is 0.412. The lowest BCUT2D eigenvalue weighted by Crippen LogP contribution is -2.20. The number of aryl methyl sites for hydroxylation is 2. The van der Waals surface area contributed by atoms with Crippen molar-refractivity contribution in [3.8, 4) is 11.4 Å². The molecule has 0 amide bonds. The van der Waals surface area contributed by atoms with Gasteiger partial charge in [-0.2, -0.15) is 0 Å². The summed E-state index contributed by atoms with van der Waals surface area (Å²) in [5.41, 5.74) is 3.61. The van der Waals surface area contributed by atoms with Crippen LogP contribution in [-0.4, -0.2) is 16.5 Å². The third-order valence-electron chi connectivity index (χ3n) is 3.20. The molecule has 0 saturated heterocycles. The van der Waals surface area contributed by atoms with Crippen molar-refractivity contribution in [1.82, 2.24) is 15.3 Å². The van der Waals surface area contributed by atoms with E-state index in [0.717, 1.165) is 35.6 Å². The highest BCUT2D eigenvalue weighted by atomic mass is 19.1. The predicted octanol–water partition coefficient (Wildman–Crippen LogP) is 3.65. The summed E-state index contributed by atoms with van der Waals surface area (Å²) in [6.07, 6.45) is 0. The molecule has 0 atom stereocenters. The van der Waals surface area contributed by atoms with Crippen LogP contribution in [0.4, 0.5) is 4.39 Å². The topological polar surface area (TPSA) is 37.8 Å². The van der Waals surface area contributed by atoms with Gasteiger partial charge in [-0.1, -0.05) is 13.8 Å². The molecule has 112 valence electrons. The van der Waals surface area contributed by atoms with Crippen molar-refractivity contribution in [1.29, 1.82) is 0 Å². The maximum atomic E-state index is 13.2. The van der Waals surface area contributed by atoms with Crippen molar-refractivity contribution in [2.75, 3.05) is 6.54 Å². The number of hydrogen-bond acceptors (Lipinski definition) is 3. The summed E-state index contributed by atoms with van der Waals surface area (Å²) in [5, 5.41) is 3.38. The van der Waals surface area contributed by atoms with Gasteiger partial charge in [0, 0.05) is 17.8 Å². The highest BCUT2D eigenvalue weighted by Crippen LogP contribution is 2.21. The fourth-order valence-electron chi connectivity index (χ4n) is 2.21. The Balaban J connectivity index is 2.26. The van der Waals surface area contributed by atoms with E-state index in [1.807, 2.05) is 19.9 Å². The normalized spacial score (nSPS) is 11.1. The molecule has 0 spiro atoms. The van der Waals surface area contributed by atoms with Crippen molar-refractivity contribution < 1.29 is 4.39 Å². The predicted molar refractivity (Wildman–Crippen MR) is 83.4 cm³/mol. The van der Waals surface area contributed by atoms with Crippen LogP contribution in [0.3, 0.4) is 0 Å². The zero-order chi connectivity index (χ0) is 15.4. The molecule has 2 aromatic rings. The minimum absolute atomic E-state index is 0.234. The smallest absolute Gasteiger partial charge is 0.159 e. The zero-order valence-electron chi connectivity index (χ0n) is 13.1. The Bertz CT molecular complexity index is 623. The SMILES string of the molecule is Cc1cc(CNCC(C)C)nc(-c2ccc(F)cc2C)n1. The van der Waals surface area contributed by atoms with Gasteiger partial charge < -0.3 is 5.32 Å². The Hall–Kier alpha value is -1.81. The van der Waals surface area contributed by atoms with Gasteiger partial charge in [0.05, 0.1) is 5.69 Å². The molecule has 21 heavy (non-hydrogen) atoms. The van der Waals surface area contributed by atoms with Crippen LogP contribution in [0, 0.1) is 25.6 Å². The van der Waals surface area contributed by atoms with Gasteiger partial charge in [0.25, 0.3) is 0 Å². The monoisotopic (exact) mass is 287 g/mol. The summed E-state index contributed by atoms with van der Waals surface area (Å²) in [4.78, 5) is 9.07. The van der Waals surface area contributed by atoms with E-state index in [9.17, 15) is 4.39 Å². The van der Waals surface area contributed by atoms with Gasteiger partial charge in [0.1, 0.15) is 5.82 Å². The molecule has 0 fully saturated rings. The molecule has 0 unspecified atom stereocenters. The van der Waals surface area contributed by atoms with Crippen LogP contribution in [0.5, 0.6) is 0 Å². The van der Waals surface area contributed by atoms with Crippen molar-refractivity contribution in [3.05, 3.63) is 47.0 Å². The lowest BCUT2D eigenvalue weighted by atomic mass is 10.1. The van der Waals surface area contributed by atoms with Gasteiger partial charge in [-0.05, 0) is 56.1 Å². The minimum atomic E-state index is -0.234. The van der Waals surface area contributed by atoms with Gasteiger partial charge in [-0.15, -0.1) is 0 Å². The molecule has 0 bridgehead atoms. The third kappa shape index (κ3) is 4.33. The van der Waals surface area contributed by atoms with E-state index < -0.39 is 0 Å². The summed E-state index contributed by atoms with van der Waals surface area (Å²) in [7, 11) is 0. The minimum Gasteiger partial charge on any atom is -0.311 e. The summed E-state index contributed by atoms with van der Waals surface area (Å²) in [6, 6.07) is 6.68. The van der Waals surface area contributed by atoms with Crippen LogP contribution in [0.1, 0.15) is 30.8 Å². The molecule has 2 rings (SSSR count). The lowest BCUT2D eigenvalue weighted by Gasteiger charge is -2.10. The molecule has 0 saturated carbocycles. The molecule has 3 nitrogen and oxygen atoms in total. The average Bonchev–Trinajstić information content (AvgIpc) is 2.37. The van der Waals surface area contributed by atoms with E-state index >= 15 is 0 Å². The molecule has 1 aromatic heterocycles. The van der Waals surface area contributed by atoms with E-state index in [1.54, 1.807) is 6.07 Å². The van der Waals surface area contributed by atoms with E-state index in [1.165, 1.54) is 12.1 Å². The van der Waals surface area contributed by atoms with Crippen LogP contribution >= 0.6 is 0 Å². The molecule has 4 heteroatoms. The Morgan fingerprint density at radius 3 is 2.57 bits per heavy atom. The Morgan fingerprint density at radius 1 is 1.14 bits per heavy atom. The summed E-state index contributed by atoms with van der Waals surface area (Å²) < 4.78 is 13.2.